The molecule has 0 bridgehead atoms. The third-order valence-electron chi connectivity index (χ3n) is 4.84. The highest BCUT2D eigenvalue weighted by molar-refractivity contribution is 6.03. The van der Waals surface area contributed by atoms with Gasteiger partial charge in [-0.15, -0.1) is 0 Å². The largest absolute Gasteiger partial charge is 0.493 e. The number of amides is 2. The number of rotatable bonds is 5. The molecular formula is C21H19FN4O4. The fraction of sp³-hybridized carbons (Fsp3) is 0.190. The molecule has 8 nitrogen and oxygen atoms in total. The van der Waals surface area contributed by atoms with Crippen molar-refractivity contribution in [2.24, 2.45) is 0 Å². The molecule has 9 heteroatoms. The Bertz CT molecular complexity index is 1110. The third kappa shape index (κ3) is 3.57. The Morgan fingerprint density at radius 1 is 1.17 bits per heavy atom. The molecule has 1 atom stereocenters. The molecule has 0 radical (unpaired) electrons. The van der Waals surface area contributed by atoms with Crippen LogP contribution in [0.25, 0.3) is 11.1 Å². The molecule has 2 amide bonds. The minimum Gasteiger partial charge on any atom is -0.493 e. The van der Waals surface area contributed by atoms with Crippen LogP contribution in [-0.2, 0) is 9.59 Å². The number of carbonyl (C=O) groups is 2. The highest BCUT2D eigenvalue weighted by Gasteiger charge is 2.33. The molecule has 2 N–H and O–H groups in total. The summed E-state index contributed by atoms with van der Waals surface area (Å²) in [5.74, 6) is 0.394. The molecule has 154 valence electrons. The summed E-state index contributed by atoms with van der Waals surface area (Å²) < 4.78 is 25.2. The van der Waals surface area contributed by atoms with Gasteiger partial charge in [0.15, 0.2) is 11.5 Å². The van der Waals surface area contributed by atoms with E-state index < -0.39 is 17.8 Å². The standard InChI is InChI=1S/C21H19FN4O4/c1-29-17-8-3-12(9-18(17)30-2)15-11-23-26-16(10-19(27)25-20(15)26)21(28)24-14-6-4-13(22)5-7-14/h3-9,11,16H,10H2,1-2H3,(H,24,28)(H,25,27)/t16-/m1/s1. The van der Waals surface area contributed by atoms with Crippen molar-refractivity contribution in [3.05, 3.63) is 54.5 Å². The molecule has 0 unspecified atom stereocenters. The summed E-state index contributed by atoms with van der Waals surface area (Å²) in [6.45, 7) is 0. The van der Waals surface area contributed by atoms with Gasteiger partial charge in [-0.1, -0.05) is 6.07 Å². The summed E-state index contributed by atoms with van der Waals surface area (Å²) in [5.41, 5.74) is 1.82. The molecule has 1 aromatic heterocycles. The molecule has 0 saturated heterocycles. The van der Waals surface area contributed by atoms with Crippen LogP contribution in [0.5, 0.6) is 11.5 Å². The van der Waals surface area contributed by atoms with Crippen molar-refractivity contribution in [1.82, 2.24) is 9.78 Å². The first-order valence-electron chi connectivity index (χ1n) is 9.16. The highest BCUT2D eigenvalue weighted by atomic mass is 19.1. The van der Waals surface area contributed by atoms with Crippen LogP contribution in [0.15, 0.2) is 48.7 Å². The number of nitrogens with zero attached hydrogens (tertiary/aromatic N) is 2. The monoisotopic (exact) mass is 410 g/mol. The number of hydrogen-bond donors (Lipinski definition) is 2. The molecule has 1 aliphatic heterocycles. The average molecular weight is 410 g/mol. The number of methoxy groups -OCH3 is 2. The van der Waals surface area contributed by atoms with Crippen LogP contribution in [0.3, 0.4) is 0 Å². The smallest absolute Gasteiger partial charge is 0.249 e. The van der Waals surface area contributed by atoms with Crippen molar-refractivity contribution in [2.45, 2.75) is 12.5 Å². The first kappa shape index (κ1) is 19.4. The van der Waals surface area contributed by atoms with E-state index in [1.807, 2.05) is 6.07 Å². The predicted octanol–water partition coefficient (Wildman–Crippen LogP) is 3.23. The van der Waals surface area contributed by atoms with E-state index in [4.69, 9.17) is 9.47 Å². The van der Waals surface area contributed by atoms with Gasteiger partial charge in [0, 0.05) is 11.3 Å². The zero-order chi connectivity index (χ0) is 21.3. The zero-order valence-corrected chi connectivity index (χ0v) is 16.3. The topological polar surface area (TPSA) is 94.5 Å². The minimum absolute atomic E-state index is 0.0624. The van der Waals surface area contributed by atoms with Crippen molar-refractivity contribution in [2.75, 3.05) is 24.9 Å². The normalized spacial score (nSPS) is 15.2. The number of anilines is 2. The Labute approximate surface area is 171 Å². The average Bonchev–Trinajstić information content (AvgIpc) is 3.17. The first-order chi connectivity index (χ1) is 14.5. The highest BCUT2D eigenvalue weighted by Crippen LogP contribution is 2.38. The van der Waals surface area contributed by atoms with E-state index in [1.54, 1.807) is 25.4 Å². The summed E-state index contributed by atoms with van der Waals surface area (Å²) in [4.78, 5) is 25.1. The van der Waals surface area contributed by atoms with E-state index in [9.17, 15) is 14.0 Å². The van der Waals surface area contributed by atoms with E-state index in [-0.39, 0.29) is 12.3 Å². The SMILES string of the molecule is COc1ccc(-c2cnn3c2NC(=O)C[C@@H]3C(=O)Nc2ccc(F)cc2)cc1OC. The second-order valence-electron chi connectivity index (χ2n) is 6.69. The maximum absolute atomic E-state index is 13.1. The maximum Gasteiger partial charge on any atom is 0.249 e. The van der Waals surface area contributed by atoms with Gasteiger partial charge < -0.3 is 20.1 Å². The number of fused-ring (bicyclic) bond motifs is 1. The van der Waals surface area contributed by atoms with Crippen molar-refractivity contribution in [3.63, 3.8) is 0 Å². The van der Waals surface area contributed by atoms with Crippen molar-refractivity contribution < 1.29 is 23.5 Å². The van der Waals surface area contributed by atoms with Crippen LogP contribution >= 0.6 is 0 Å². The maximum atomic E-state index is 13.1. The number of carbonyl (C=O) groups excluding carboxylic acids is 2. The van der Waals surface area contributed by atoms with Crippen LogP contribution in [0.2, 0.25) is 0 Å². The Morgan fingerprint density at radius 2 is 1.90 bits per heavy atom. The minimum atomic E-state index is -0.840. The Kier molecular flexibility index (Phi) is 5.09. The van der Waals surface area contributed by atoms with Crippen LogP contribution in [0.4, 0.5) is 15.9 Å². The predicted molar refractivity (Wildman–Crippen MR) is 108 cm³/mol. The lowest BCUT2D eigenvalue weighted by Gasteiger charge is -2.24. The quantitative estimate of drug-likeness (QED) is 0.674. The van der Waals surface area contributed by atoms with Gasteiger partial charge in [-0.25, -0.2) is 9.07 Å². The van der Waals surface area contributed by atoms with Gasteiger partial charge in [-0.05, 0) is 42.0 Å². The third-order valence-corrected chi connectivity index (χ3v) is 4.84. The van der Waals surface area contributed by atoms with Gasteiger partial charge >= 0.3 is 0 Å². The van der Waals surface area contributed by atoms with Crippen LogP contribution in [0, 0.1) is 5.82 Å². The summed E-state index contributed by atoms with van der Waals surface area (Å²) >= 11 is 0. The Balaban J connectivity index is 1.66. The van der Waals surface area contributed by atoms with Crippen molar-refractivity contribution in [1.29, 1.82) is 0 Å². The van der Waals surface area contributed by atoms with Crippen molar-refractivity contribution in [3.8, 4) is 22.6 Å². The van der Waals surface area contributed by atoms with Gasteiger partial charge in [-0.2, -0.15) is 5.10 Å². The molecule has 2 aromatic carbocycles. The van der Waals surface area contributed by atoms with Gasteiger partial charge in [0.05, 0.1) is 26.8 Å². The lowest BCUT2D eigenvalue weighted by Crippen LogP contribution is -2.35. The fourth-order valence-electron chi connectivity index (χ4n) is 3.35. The summed E-state index contributed by atoms with van der Waals surface area (Å²) in [7, 11) is 3.08. The zero-order valence-electron chi connectivity index (χ0n) is 16.3. The van der Waals surface area contributed by atoms with Gasteiger partial charge in [0.1, 0.15) is 17.7 Å². The first-order valence-corrected chi connectivity index (χ1v) is 9.16. The van der Waals surface area contributed by atoms with Crippen LogP contribution < -0.4 is 20.1 Å². The van der Waals surface area contributed by atoms with E-state index in [0.29, 0.717) is 28.6 Å². The van der Waals surface area contributed by atoms with E-state index in [1.165, 1.54) is 36.1 Å². The molecule has 0 spiro atoms. The number of benzene rings is 2. The molecule has 4 rings (SSSR count). The molecule has 0 saturated carbocycles. The number of halogens is 1. The lowest BCUT2D eigenvalue weighted by molar-refractivity contribution is -0.125. The molecule has 0 aliphatic carbocycles. The van der Waals surface area contributed by atoms with Crippen LogP contribution in [0.1, 0.15) is 12.5 Å². The molecule has 0 fully saturated rings. The number of ether oxygens (including phenoxy) is 2. The molecule has 2 heterocycles. The molecular weight excluding hydrogens is 391 g/mol. The summed E-state index contributed by atoms with van der Waals surface area (Å²) in [5, 5.41) is 9.82. The summed E-state index contributed by atoms with van der Waals surface area (Å²) in [6, 6.07) is 9.90. The van der Waals surface area contributed by atoms with E-state index in [0.717, 1.165) is 5.56 Å². The van der Waals surface area contributed by atoms with E-state index in [2.05, 4.69) is 15.7 Å². The molecule has 1 aliphatic rings. The fourth-order valence-corrected chi connectivity index (χ4v) is 3.35. The Morgan fingerprint density at radius 3 is 2.60 bits per heavy atom. The molecule has 30 heavy (non-hydrogen) atoms. The number of aromatic nitrogens is 2. The van der Waals surface area contributed by atoms with Gasteiger partial charge in [0.2, 0.25) is 11.8 Å². The lowest BCUT2D eigenvalue weighted by atomic mass is 10.1. The van der Waals surface area contributed by atoms with Crippen LogP contribution in [-0.4, -0.2) is 35.8 Å². The number of nitrogens with one attached hydrogen (secondary N) is 2. The second-order valence-corrected chi connectivity index (χ2v) is 6.69. The van der Waals surface area contributed by atoms with Gasteiger partial charge in [0.25, 0.3) is 0 Å². The second kappa shape index (κ2) is 7.86. The molecule has 3 aromatic rings. The van der Waals surface area contributed by atoms with Gasteiger partial charge in [-0.3, -0.25) is 9.59 Å². The van der Waals surface area contributed by atoms with Crippen molar-refractivity contribution >= 4 is 23.3 Å². The number of hydrogen-bond acceptors (Lipinski definition) is 5. The van der Waals surface area contributed by atoms with E-state index >= 15 is 0 Å². The summed E-state index contributed by atoms with van der Waals surface area (Å²) in [6.07, 6.45) is 1.52. The Hall–Kier alpha value is -3.88.